The predicted molar refractivity (Wildman–Crippen MR) is 78.1 cm³/mol. The topological polar surface area (TPSA) is 67.2 Å². The van der Waals surface area contributed by atoms with E-state index in [0.717, 1.165) is 30.7 Å². The van der Waals surface area contributed by atoms with E-state index in [1.165, 1.54) is 0 Å². The summed E-state index contributed by atoms with van der Waals surface area (Å²) in [5, 5.41) is 17.0. The van der Waals surface area contributed by atoms with Gasteiger partial charge in [-0.1, -0.05) is 6.42 Å². The maximum Gasteiger partial charge on any atom is 0.255 e. The van der Waals surface area contributed by atoms with Crippen LogP contribution >= 0.6 is 11.6 Å². The Morgan fingerprint density at radius 1 is 1.50 bits per heavy atom. The molecule has 1 fully saturated rings. The van der Waals surface area contributed by atoms with Crippen LogP contribution < -0.4 is 5.32 Å². The van der Waals surface area contributed by atoms with Crippen LogP contribution in [0.2, 0.25) is 0 Å². The molecule has 112 valence electrons. The third-order valence-electron chi connectivity index (χ3n) is 4.05. The zero-order chi connectivity index (χ0) is 14.7. The second kappa shape index (κ2) is 6.59. The summed E-state index contributed by atoms with van der Waals surface area (Å²) in [5.41, 5.74) is 2.19. The minimum absolute atomic E-state index is 0.111. The molecular weight excluding hydrogens is 278 g/mol. The van der Waals surface area contributed by atoms with Crippen molar-refractivity contribution in [3.05, 3.63) is 17.0 Å². The van der Waals surface area contributed by atoms with Gasteiger partial charge in [-0.25, -0.2) is 0 Å². The van der Waals surface area contributed by atoms with Crippen LogP contribution in [-0.2, 0) is 6.54 Å². The van der Waals surface area contributed by atoms with E-state index < -0.39 is 0 Å². The van der Waals surface area contributed by atoms with E-state index in [4.69, 9.17) is 11.6 Å². The van der Waals surface area contributed by atoms with Crippen molar-refractivity contribution in [1.29, 1.82) is 0 Å². The highest BCUT2D eigenvalue weighted by Crippen LogP contribution is 2.24. The number of aliphatic hydroxyl groups excluding tert-OH is 1. The van der Waals surface area contributed by atoms with E-state index in [9.17, 15) is 9.90 Å². The monoisotopic (exact) mass is 299 g/mol. The molecule has 1 amide bonds. The Bertz CT molecular complexity index is 487. The molecule has 1 aliphatic rings. The molecule has 6 heteroatoms. The lowest BCUT2D eigenvalue weighted by molar-refractivity contribution is 0.0915. The van der Waals surface area contributed by atoms with Gasteiger partial charge in [-0.05, 0) is 26.7 Å². The largest absolute Gasteiger partial charge is 0.393 e. The van der Waals surface area contributed by atoms with Crippen LogP contribution in [0.1, 0.15) is 41.0 Å². The molecule has 2 rings (SSSR count). The number of hydrogen-bond acceptors (Lipinski definition) is 3. The number of carbonyl (C=O) groups is 1. The van der Waals surface area contributed by atoms with Crippen LogP contribution in [-0.4, -0.2) is 39.3 Å². The fourth-order valence-electron chi connectivity index (χ4n) is 2.89. The van der Waals surface area contributed by atoms with Gasteiger partial charge >= 0.3 is 0 Å². The number of aryl methyl sites for hydroxylation is 2. The Morgan fingerprint density at radius 3 is 2.85 bits per heavy atom. The van der Waals surface area contributed by atoms with Crippen LogP contribution in [0.4, 0.5) is 0 Å². The predicted octanol–water partition coefficient (Wildman–Crippen LogP) is 1.63. The molecule has 5 nitrogen and oxygen atoms in total. The Kier molecular flexibility index (Phi) is 5.05. The third kappa shape index (κ3) is 3.15. The van der Waals surface area contributed by atoms with Gasteiger partial charge in [-0.3, -0.25) is 9.48 Å². The normalized spacial score (nSPS) is 22.2. The summed E-state index contributed by atoms with van der Waals surface area (Å²) >= 11 is 5.72. The Labute approximate surface area is 124 Å². The molecule has 20 heavy (non-hydrogen) atoms. The van der Waals surface area contributed by atoms with Gasteiger partial charge in [0.1, 0.15) is 0 Å². The fraction of sp³-hybridized carbons (Fsp3) is 0.714. The van der Waals surface area contributed by atoms with Crippen LogP contribution in [0.15, 0.2) is 0 Å². The molecule has 0 aliphatic heterocycles. The van der Waals surface area contributed by atoms with Gasteiger partial charge in [0.05, 0.1) is 23.9 Å². The van der Waals surface area contributed by atoms with Gasteiger partial charge in [-0.2, -0.15) is 5.10 Å². The Morgan fingerprint density at radius 2 is 2.25 bits per heavy atom. The van der Waals surface area contributed by atoms with E-state index in [1.54, 1.807) is 4.68 Å². The summed E-state index contributed by atoms with van der Waals surface area (Å²) in [7, 11) is 0. The molecule has 0 aromatic carbocycles. The van der Waals surface area contributed by atoms with E-state index in [2.05, 4.69) is 10.4 Å². The number of amides is 1. The SMILES string of the molecule is Cc1nn(CCCl)c(C)c1C(=O)NCC1CCCC1O. The van der Waals surface area contributed by atoms with Crippen LogP contribution in [0.5, 0.6) is 0 Å². The summed E-state index contributed by atoms with van der Waals surface area (Å²) in [6.07, 6.45) is 2.57. The first-order valence-corrected chi connectivity index (χ1v) is 7.64. The zero-order valence-corrected chi connectivity index (χ0v) is 12.8. The highest BCUT2D eigenvalue weighted by Gasteiger charge is 2.26. The third-order valence-corrected chi connectivity index (χ3v) is 4.22. The molecular formula is C14H22ClN3O2. The number of nitrogens with one attached hydrogen (secondary N) is 1. The second-order valence-electron chi connectivity index (χ2n) is 5.43. The first-order chi connectivity index (χ1) is 9.54. The molecule has 1 aromatic rings. The molecule has 0 spiro atoms. The molecule has 1 saturated carbocycles. The van der Waals surface area contributed by atoms with Crippen LogP contribution in [0.25, 0.3) is 0 Å². The average molecular weight is 300 g/mol. The number of alkyl halides is 1. The number of halogens is 1. The zero-order valence-electron chi connectivity index (χ0n) is 12.0. The van der Waals surface area contributed by atoms with Gasteiger partial charge in [0.2, 0.25) is 0 Å². The van der Waals surface area contributed by atoms with Crippen molar-refractivity contribution in [2.75, 3.05) is 12.4 Å². The minimum Gasteiger partial charge on any atom is -0.393 e. The first-order valence-electron chi connectivity index (χ1n) is 7.10. The second-order valence-corrected chi connectivity index (χ2v) is 5.80. The standard InChI is InChI=1S/C14H22ClN3O2/c1-9-13(10(2)18(17-9)7-6-15)14(20)16-8-11-4-3-5-12(11)19/h11-12,19H,3-8H2,1-2H3,(H,16,20). The smallest absolute Gasteiger partial charge is 0.255 e. The number of nitrogens with zero attached hydrogens (tertiary/aromatic N) is 2. The molecule has 1 heterocycles. The maximum absolute atomic E-state index is 12.3. The van der Waals surface area contributed by atoms with Gasteiger partial charge in [-0.15, -0.1) is 11.6 Å². The van der Waals surface area contributed by atoms with E-state index >= 15 is 0 Å². The number of aliphatic hydroxyl groups is 1. The minimum atomic E-state index is -0.281. The van der Waals surface area contributed by atoms with Crippen molar-refractivity contribution in [3.63, 3.8) is 0 Å². The van der Waals surface area contributed by atoms with Gasteiger partial charge < -0.3 is 10.4 Å². The molecule has 2 atom stereocenters. The average Bonchev–Trinajstić information content (AvgIpc) is 2.92. The summed E-state index contributed by atoms with van der Waals surface area (Å²) in [6.45, 7) is 4.84. The van der Waals surface area contributed by atoms with Crippen molar-refractivity contribution < 1.29 is 9.90 Å². The molecule has 1 aliphatic carbocycles. The van der Waals surface area contributed by atoms with Crippen molar-refractivity contribution in [2.24, 2.45) is 5.92 Å². The molecule has 2 N–H and O–H groups in total. The molecule has 0 radical (unpaired) electrons. The van der Waals surface area contributed by atoms with Crippen LogP contribution in [0, 0.1) is 19.8 Å². The van der Waals surface area contributed by atoms with Crippen molar-refractivity contribution in [1.82, 2.24) is 15.1 Å². The van der Waals surface area contributed by atoms with Crippen molar-refractivity contribution in [3.8, 4) is 0 Å². The van der Waals surface area contributed by atoms with Gasteiger partial charge in [0.25, 0.3) is 5.91 Å². The molecule has 2 unspecified atom stereocenters. The summed E-state index contributed by atoms with van der Waals surface area (Å²) < 4.78 is 1.77. The fourth-order valence-corrected chi connectivity index (χ4v) is 3.05. The van der Waals surface area contributed by atoms with Crippen molar-refractivity contribution in [2.45, 2.75) is 45.8 Å². The number of rotatable bonds is 5. The number of carbonyl (C=O) groups excluding carboxylic acids is 1. The maximum atomic E-state index is 12.3. The Hall–Kier alpha value is -1.07. The number of hydrogen-bond donors (Lipinski definition) is 2. The van der Waals surface area contributed by atoms with Gasteiger partial charge in [0.15, 0.2) is 0 Å². The highest BCUT2D eigenvalue weighted by molar-refractivity contribution is 6.17. The Balaban J connectivity index is 2.01. The molecule has 0 bridgehead atoms. The summed E-state index contributed by atoms with van der Waals surface area (Å²) in [5.74, 6) is 0.537. The summed E-state index contributed by atoms with van der Waals surface area (Å²) in [6, 6.07) is 0. The van der Waals surface area contributed by atoms with Gasteiger partial charge in [0, 0.05) is 24.0 Å². The van der Waals surface area contributed by atoms with Crippen molar-refractivity contribution >= 4 is 17.5 Å². The molecule has 0 saturated heterocycles. The summed E-state index contributed by atoms with van der Waals surface area (Å²) in [4.78, 5) is 12.3. The lowest BCUT2D eigenvalue weighted by Crippen LogP contribution is -2.33. The lowest BCUT2D eigenvalue weighted by Gasteiger charge is -2.15. The molecule has 1 aromatic heterocycles. The first kappa shape index (κ1) is 15.3. The van der Waals surface area contributed by atoms with E-state index in [0.29, 0.717) is 24.5 Å². The van der Waals surface area contributed by atoms with Crippen LogP contribution in [0.3, 0.4) is 0 Å². The number of aromatic nitrogens is 2. The lowest BCUT2D eigenvalue weighted by atomic mass is 10.1. The highest BCUT2D eigenvalue weighted by atomic mass is 35.5. The quantitative estimate of drug-likeness (QED) is 0.812. The van der Waals surface area contributed by atoms with E-state index in [1.807, 2.05) is 13.8 Å². The van der Waals surface area contributed by atoms with E-state index in [-0.39, 0.29) is 17.9 Å².